The summed E-state index contributed by atoms with van der Waals surface area (Å²) in [5.41, 5.74) is 6.59. The largest absolute Gasteiger partial charge is 0.497 e. The Morgan fingerprint density at radius 1 is 1.08 bits per heavy atom. The minimum Gasteiger partial charge on any atom is -0.497 e. The summed E-state index contributed by atoms with van der Waals surface area (Å²) in [4.78, 5) is 11.7. The van der Waals surface area contributed by atoms with Crippen LogP contribution in [0.15, 0.2) is 48.5 Å². The van der Waals surface area contributed by atoms with Crippen LogP contribution in [0.2, 0.25) is 0 Å². The molecule has 8 heteroatoms. The Labute approximate surface area is 156 Å². The number of carbonyl (C=O) groups excluding carboxylic acids is 1. The van der Waals surface area contributed by atoms with E-state index in [9.17, 15) is 4.79 Å². The first-order valence-electron chi connectivity index (χ1n) is 7.69. The maximum atomic E-state index is 11.7. The van der Waals surface area contributed by atoms with Crippen LogP contribution < -0.4 is 25.6 Å². The molecule has 0 aliphatic carbocycles. The Balaban J connectivity index is 1.65. The van der Waals surface area contributed by atoms with Crippen LogP contribution in [0.3, 0.4) is 0 Å². The van der Waals surface area contributed by atoms with Crippen molar-refractivity contribution in [3.63, 3.8) is 0 Å². The van der Waals surface area contributed by atoms with Gasteiger partial charge in [0.05, 0.1) is 18.7 Å². The van der Waals surface area contributed by atoms with Gasteiger partial charge in [0, 0.05) is 6.54 Å². The van der Waals surface area contributed by atoms with Gasteiger partial charge in [-0.3, -0.25) is 15.6 Å². The fourth-order valence-electron chi connectivity index (χ4n) is 1.91. The average Bonchev–Trinajstić information content (AvgIpc) is 2.69. The number of hydrogen-bond donors (Lipinski definition) is 3. The van der Waals surface area contributed by atoms with E-state index in [1.807, 2.05) is 30.3 Å². The van der Waals surface area contributed by atoms with E-state index in [-0.39, 0.29) is 17.6 Å². The van der Waals surface area contributed by atoms with Crippen LogP contribution in [0.1, 0.15) is 11.1 Å². The second-order valence-corrected chi connectivity index (χ2v) is 5.54. The van der Waals surface area contributed by atoms with Gasteiger partial charge in [0.2, 0.25) is 0 Å². The predicted molar refractivity (Wildman–Crippen MR) is 100 cm³/mol. The number of nitriles is 1. The normalized spacial score (nSPS) is 9.54. The number of thiocarbonyl (C=S) groups is 1. The van der Waals surface area contributed by atoms with Gasteiger partial charge in [-0.1, -0.05) is 12.1 Å². The summed E-state index contributed by atoms with van der Waals surface area (Å²) in [5, 5.41) is 12.0. The van der Waals surface area contributed by atoms with Crippen molar-refractivity contribution < 1.29 is 14.3 Å². The smallest absolute Gasteiger partial charge is 0.276 e. The van der Waals surface area contributed by atoms with Gasteiger partial charge in [0.25, 0.3) is 5.91 Å². The second kappa shape index (κ2) is 9.86. The monoisotopic (exact) mass is 370 g/mol. The summed E-state index contributed by atoms with van der Waals surface area (Å²) < 4.78 is 10.4. The second-order valence-electron chi connectivity index (χ2n) is 5.13. The summed E-state index contributed by atoms with van der Waals surface area (Å²) in [6.07, 6.45) is 0. The maximum Gasteiger partial charge on any atom is 0.276 e. The number of hydrogen-bond acceptors (Lipinski definition) is 5. The maximum absolute atomic E-state index is 11.7. The molecule has 0 spiro atoms. The van der Waals surface area contributed by atoms with E-state index in [4.69, 9.17) is 27.0 Å². The molecule has 0 atom stereocenters. The molecule has 0 bridgehead atoms. The molecule has 2 aromatic carbocycles. The molecule has 0 heterocycles. The Hall–Kier alpha value is -3.31. The molecule has 3 N–H and O–H groups in total. The van der Waals surface area contributed by atoms with Crippen molar-refractivity contribution in [1.82, 2.24) is 16.2 Å². The predicted octanol–water partition coefficient (Wildman–Crippen LogP) is 1.64. The minimum atomic E-state index is -0.386. The van der Waals surface area contributed by atoms with Gasteiger partial charge in [-0.05, 0) is 54.2 Å². The third-order valence-electron chi connectivity index (χ3n) is 3.28. The van der Waals surface area contributed by atoms with E-state index in [0.717, 1.165) is 11.3 Å². The topological polar surface area (TPSA) is 95.4 Å². The first-order chi connectivity index (χ1) is 12.6. The van der Waals surface area contributed by atoms with Crippen molar-refractivity contribution in [2.75, 3.05) is 13.7 Å². The highest BCUT2D eigenvalue weighted by molar-refractivity contribution is 7.80. The highest BCUT2D eigenvalue weighted by Crippen LogP contribution is 2.11. The summed E-state index contributed by atoms with van der Waals surface area (Å²) in [6.45, 7) is 0.327. The average molecular weight is 370 g/mol. The molecule has 0 fully saturated rings. The summed E-state index contributed by atoms with van der Waals surface area (Å²) in [5.74, 6) is 0.895. The number of nitrogens with one attached hydrogen (secondary N) is 3. The molecule has 0 radical (unpaired) electrons. The number of methoxy groups -OCH3 is 1. The first-order valence-corrected chi connectivity index (χ1v) is 8.10. The molecule has 0 unspecified atom stereocenters. The SMILES string of the molecule is COc1ccc(CNC(=S)NNC(=O)COc2ccc(C#N)cc2)cc1. The van der Waals surface area contributed by atoms with Crippen LogP contribution in [0, 0.1) is 11.3 Å². The van der Waals surface area contributed by atoms with Gasteiger partial charge in [-0.2, -0.15) is 5.26 Å². The summed E-state index contributed by atoms with van der Waals surface area (Å²) in [7, 11) is 1.61. The van der Waals surface area contributed by atoms with Crippen LogP contribution >= 0.6 is 12.2 Å². The number of ether oxygens (including phenoxy) is 2. The van der Waals surface area contributed by atoms with Crippen molar-refractivity contribution in [2.45, 2.75) is 6.54 Å². The van der Waals surface area contributed by atoms with E-state index >= 15 is 0 Å². The number of benzene rings is 2. The number of nitrogens with zero attached hydrogens (tertiary/aromatic N) is 1. The lowest BCUT2D eigenvalue weighted by atomic mass is 10.2. The molecule has 2 rings (SSSR count). The molecule has 0 saturated heterocycles. The lowest BCUT2D eigenvalue weighted by Gasteiger charge is -2.12. The van der Waals surface area contributed by atoms with E-state index in [0.29, 0.717) is 17.9 Å². The molecular weight excluding hydrogens is 352 g/mol. The molecule has 0 aromatic heterocycles. The van der Waals surface area contributed by atoms with Gasteiger partial charge in [-0.25, -0.2) is 0 Å². The number of amides is 1. The van der Waals surface area contributed by atoms with Crippen molar-refractivity contribution in [3.8, 4) is 17.6 Å². The molecule has 1 amide bonds. The zero-order valence-electron chi connectivity index (χ0n) is 14.1. The van der Waals surface area contributed by atoms with E-state index in [1.165, 1.54) is 0 Å². The molecule has 7 nitrogen and oxygen atoms in total. The van der Waals surface area contributed by atoms with Gasteiger partial charge < -0.3 is 14.8 Å². The van der Waals surface area contributed by atoms with E-state index in [1.54, 1.807) is 31.4 Å². The number of carbonyl (C=O) groups is 1. The van der Waals surface area contributed by atoms with Crippen LogP contribution in [0.5, 0.6) is 11.5 Å². The Kier molecular flexibility index (Phi) is 7.21. The third kappa shape index (κ3) is 6.30. The van der Waals surface area contributed by atoms with Crippen molar-refractivity contribution in [3.05, 3.63) is 59.7 Å². The molecule has 2 aromatic rings. The summed E-state index contributed by atoms with van der Waals surface area (Å²) >= 11 is 5.09. The van der Waals surface area contributed by atoms with Crippen LogP contribution in [-0.2, 0) is 11.3 Å². The molecule has 0 aliphatic rings. The lowest BCUT2D eigenvalue weighted by molar-refractivity contribution is -0.123. The fraction of sp³-hybridized carbons (Fsp3) is 0.167. The Morgan fingerprint density at radius 3 is 2.35 bits per heavy atom. The number of rotatable bonds is 6. The van der Waals surface area contributed by atoms with Gasteiger partial charge in [0.15, 0.2) is 11.7 Å². The third-order valence-corrected chi connectivity index (χ3v) is 3.53. The van der Waals surface area contributed by atoms with Gasteiger partial charge >= 0.3 is 0 Å². The van der Waals surface area contributed by atoms with E-state index in [2.05, 4.69) is 16.2 Å². The van der Waals surface area contributed by atoms with Crippen LogP contribution in [-0.4, -0.2) is 24.7 Å². The minimum absolute atomic E-state index is 0.181. The molecule has 0 saturated carbocycles. The fourth-order valence-corrected chi connectivity index (χ4v) is 2.03. The van der Waals surface area contributed by atoms with E-state index < -0.39 is 0 Å². The Morgan fingerprint density at radius 2 is 1.73 bits per heavy atom. The van der Waals surface area contributed by atoms with Crippen LogP contribution in [0.4, 0.5) is 0 Å². The highest BCUT2D eigenvalue weighted by Gasteiger charge is 2.04. The molecule has 0 aliphatic heterocycles. The van der Waals surface area contributed by atoms with Gasteiger partial charge in [-0.15, -0.1) is 0 Å². The molecular formula is C18H18N4O3S. The van der Waals surface area contributed by atoms with Crippen molar-refractivity contribution in [2.24, 2.45) is 0 Å². The van der Waals surface area contributed by atoms with Crippen molar-refractivity contribution in [1.29, 1.82) is 5.26 Å². The first kappa shape index (κ1) is 19.0. The zero-order valence-corrected chi connectivity index (χ0v) is 14.9. The van der Waals surface area contributed by atoms with Crippen LogP contribution in [0.25, 0.3) is 0 Å². The Bertz CT molecular complexity index is 786. The van der Waals surface area contributed by atoms with Gasteiger partial charge in [0.1, 0.15) is 11.5 Å². The zero-order chi connectivity index (χ0) is 18.8. The molecule has 134 valence electrons. The quantitative estimate of drug-likeness (QED) is 0.525. The number of hydrazine groups is 1. The van der Waals surface area contributed by atoms with Crippen molar-refractivity contribution >= 4 is 23.2 Å². The summed E-state index contributed by atoms with van der Waals surface area (Å²) in [6, 6.07) is 16.0. The standard InChI is InChI=1S/C18H18N4O3S/c1-24-15-6-4-14(5-7-15)11-20-18(26)22-21-17(23)12-25-16-8-2-13(10-19)3-9-16/h2-9H,11-12H2,1H3,(H,21,23)(H2,20,22,26). The lowest BCUT2D eigenvalue weighted by Crippen LogP contribution is -2.48. The molecule has 26 heavy (non-hydrogen) atoms. The highest BCUT2D eigenvalue weighted by atomic mass is 32.1.